The van der Waals surface area contributed by atoms with Crippen LogP contribution in [0.2, 0.25) is 0 Å². The van der Waals surface area contributed by atoms with Crippen molar-refractivity contribution in [3.63, 3.8) is 0 Å². The number of methoxy groups -OCH3 is 2. The van der Waals surface area contributed by atoms with E-state index in [0.717, 1.165) is 10.7 Å². The van der Waals surface area contributed by atoms with Gasteiger partial charge in [0, 0.05) is 13.3 Å². The Balaban J connectivity index is 2.06. The third kappa shape index (κ3) is 2.71. The molecule has 0 aromatic carbocycles. The number of hydrogen-bond acceptors (Lipinski definition) is 7. The number of ether oxygens (including phenoxy) is 2. The highest BCUT2D eigenvalue weighted by molar-refractivity contribution is 7.11. The van der Waals surface area contributed by atoms with E-state index in [1.807, 2.05) is 6.20 Å². The number of nitrogens with two attached hydrogens (primary N) is 1. The van der Waals surface area contributed by atoms with E-state index >= 15 is 0 Å². The van der Waals surface area contributed by atoms with Gasteiger partial charge in [-0.05, 0) is 11.5 Å². The molecule has 0 saturated carbocycles. The molecule has 0 atom stereocenters. The van der Waals surface area contributed by atoms with Crippen LogP contribution in [0.25, 0.3) is 0 Å². The van der Waals surface area contributed by atoms with Crippen molar-refractivity contribution in [1.29, 1.82) is 0 Å². The summed E-state index contributed by atoms with van der Waals surface area (Å²) < 4.78 is 16.0. The van der Waals surface area contributed by atoms with Crippen molar-refractivity contribution in [2.75, 3.05) is 31.9 Å². The number of rotatable bonds is 6. The SMILES string of the molecule is COCCn1cc(Nc2snc(N)c2OC)cn1. The lowest BCUT2D eigenvalue weighted by Crippen LogP contribution is -2.03. The van der Waals surface area contributed by atoms with Crippen molar-refractivity contribution >= 4 is 28.0 Å². The van der Waals surface area contributed by atoms with Crippen molar-refractivity contribution in [2.24, 2.45) is 0 Å². The minimum Gasteiger partial charge on any atom is -0.490 e. The highest BCUT2D eigenvalue weighted by atomic mass is 32.1. The molecule has 0 aliphatic carbocycles. The van der Waals surface area contributed by atoms with Gasteiger partial charge in [-0.1, -0.05) is 0 Å². The zero-order chi connectivity index (χ0) is 13.0. The molecule has 2 rings (SSSR count). The van der Waals surface area contributed by atoms with Crippen LogP contribution in [0.15, 0.2) is 12.4 Å². The van der Waals surface area contributed by atoms with E-state index in [4.69, 9.17) is 15.2 Å². The predicted octanol–water partition coefficient (Wildman–Crippen LogP) is 1.32. The monoisotopic (exact) mass is 269 g/mol. The maximum Gasteiger partial charge on any atom is 0.197 e. The van der Waals surface area contributed by atoms with Gasteiger partial charge in [0.1, 0.15) is 0 Å². The molecule has 98 valence electrons. The van der Waals surface area contributed by atoms with Crippen LogP contribution < -0.4 is 15.8 Å². The second-order valence-electron chi connectivity index (χ2n) is 3.54. The molecule has 0 amide bonds. The maximum atomic E-state index is 5.67. The lowest BCUT2D eigenvalue weighted by Gasteiger charge is -2.03. The summed E-state index contributed by atoms with van der Waals surface area (Å²) in [6.07, 6.45) is 3.61. The van der Waals surface area contributed by atoms with Gasteiger partial charge in [0.15, 0.2) is 16.6 Å². The van der Waals surface area contributed by atoms with Gasteiger partial charge >= 0.3 is 0 Å². The van der Waals surface area contributed by atoms with Crippen molar-refractivity contribution in [1.82, 2.24) is 14.2 Å². The molecule has 0 radical (unpaired) electrons. The van der Waals surface area contributed by atoms with Crippen LogP contribution in [0.4, 0.5) is 16.5 Å². The lowest BCUT2D eigenvalue weighted by molar-refractivity contribution is 0.183. The van der Waals surface area contributed by atoms with Crippen LogP contribution in [-0.4, -0.2) is 35.0 Å². The van der Waals surface area contributed by atoms with Crippen LogP contribution >= 0.6 is 11.5 Å². The summed E-state index contributed by atoms with van der Waals surface area (Å²) in [6, 6.07) is 0. The first kappa shape index (κ1) is 12.7. The van der Waals surface area contributed by atoms with Crippen LogP contribution in [0.5, 0.6) is 5.75 Å². The van der Waals surface area contributed by atoms with Crippen LogP contribution in [0.3, 0.4) is 0 Å². The summed E-state index contributed by atoms with van der Waals surface area (Å²) in [5.74, 6) is 0.946. The summed E-state index contributed by atoms with van der Waals surface area (Å²) in [6.45, 7) is 1.33. The largest absolute Gasteiger partial charge is 0.490 e. The average molecular weight is 269 g/mol. The van der Waals surface area contributed by atoms with Gasteiger partial charge in [0.25, 0.3) is 0 Å². The molecular weight excluding hydrogens is 254 g/mol. The first-order valence-corrected chi connectivity index (χ1v) is 6.09. The van der Waals surface area contributed by atoms with Crippen LogP contribution in [-0.2, 0) is 11.3 Å². The fourth-order valence-electron chi connectivity index (χ4n) is 1.44. The Bertz CT molecular complexity index is 510. The third-order valence-corrected chi connectivity index (χ3v) is 3.05. The van der Waals surface area contributed by atoms with E-state index in [9.17, 15) is 0 Å². The van der Waals surface area contributed by atoms with Crippen molar-refractivity contribution in [3.05, 3.63) is 12.4 Å². The van der Waals surface area contributed by atoms with E-state index in [1.165, 1.54) is 11.5 Å². The molecule has 18 heavy (non-hydrogen) atoms. The summed E-state index contributed by atoms with van der Waals surface area (Å²) in [5.41, 5.74) is 6.53. The quantitative estimate of drug-likeness (QED) is 0.822. The standard InChI is InChI=1S/C10H15N5O2S/c1-16-4-3-15-6-7(5-12-15)13-10-8(17-2)9(11)14-18-10/h5-6,13H,3-4H2,1-2H3,(H2,11,14). The molecule has 0 spiro atoms. The average Bonchev–Trinajstić information content (AvgIpc) is 2.95. The molecule has 8 heteroatoms. The number of anilines is 3. The Morgan fingerprint density at radius 3 is 3.06 bits per heavy atom. The van der Waals surface area contributed by atoms with E-state index < -0.39 is 0 Å². The summed E-state index contributed by atoms with van der Waals surface area (Å²) in [7, 11) is 3.22. The van der Waals surface area contributed by atoms with E-state index in [0.29, 0.717) is 24.7 Å². The van der Waals surface area contributed by atoms with Crippen molar-refractivity contribution in [3.8, 4) is 5.75 Å². The predicted molar refractivity (Wildman–Crippen MR) is 70.5 cm³/mol. The molecular formula is C10H15N5O2S. The van der Waals surface area contributed by atoms with Gasteiger partial charge < -0.3 is 20.5 Å². The number of aromatic nitrogens is 3. The number of nitrogens with zero attached hydrogens (tertiary/aromatic N) is 3. The molecule has 0 unspecified atom stereocenters. The van der Waals surface area contributed by atoms with E-state index in [1.54, 1.807) is 25.1 Å². The fraction of sp³-hybridized carbons (Fsp3) is 0.400. The Kier molecular flexibility index (Phi) is 4.00. The van der Waals surface area contributed by atoms with Crippen molar-refractivity contribution < 1.29 is 9.47 Å². The second kappa shape index (κ2) is 5.69. The Morgan fingerprint density at radius 2 is 2.33 bits per heavy atom. The van der Waals surface area contributed by atoms with Gasteiger partial charge in [-0.25, -0.2) is 0 Å². The van der Waals surface area contributed by atoms with Gasteiger partial charge in [-0.15, -0.1) is 0 Å². The highest BCUT2D eigenvalue weighted by Gasteiger charge is 2.12. The highest BCUT2D eigenvalue weighted by Crippen LogP contribution is 2.36. The molecule has 0 saturated heterocycles. The summed E-state index contributed by atoms with van der Waals surface area (Å²) in [5, 5.41) is 8.13. The molecule has 0 aliphatic heterocycles. The molecule has 2 aromatic heterocycles. The molecule has 2 aromatic rings. The number of hydrogen-bond donors (Lipinski definition) is 2. The molecule has 0 aliphatic rings. The van der Waals surface area contributed by atoms with Gasteiger partial charge in [-0.3, -0.25) is 4.68 Å². The van der Waals surface area contributed by atoms with Crippen LogP contribution in [0, 0.1) is 0 Å². The zero-order valence-electron chi connectivity index (χ0n) is 10.2. The zero-order valence-corrected chi connectivity index (χ0v) is 11.0. The topological polar surface area (TPSA) is 87.2 Å². The fourth-order valence-corrected chi connectivity index (χ4v) is 2.14. The minimum atomic E-state index is 0.386. The third-order valence-electron chi connectivity index (χ3n) is 2.29. The normalized spacial score (nSPS) is 10.6. The summed E-state index contributed by atoms with van der Waals surface area (Å²) >= 11 is 1.25. The van der Waals surface area contributed by atoms with E-state index in [2.05, 4.69) is 14.8 Å². The van der Waals surface area contributed by atoms with Crippen LogP contribution in [0.1, 0.15) is 0 Å². The number of nitrogens with one attached hydrogen (secondary N) is 1. The van der Waals surface area contributed by atoms with Crippen molar-refractivity contribution in [2.45, 2.75) is 6.54 Å². The maximum absolute atomic E-state index is 5.67. The summed E-state index contributed by atoms with van der Waals surface area (Å²) in [4.78, 5) is 0. The Hall–Kier alpha value is -1.80. The first-order valence-electron chi connectivity index (χ1n) is 5.32. The second-order valence-corrected chi connectivity index (χ2v) is 4.31. The molecule has 0 bridgehead atoms. The molecule has 3 N–H and O–H groups in total. The first-order chi connectivity index (χ1) is 8.74. The van der Waals surface area contributed by atoms with Gasteiger partial charge in [-0.2, -0.15) is 9.47 Å². The molecule has 2 heterocycles. The number of nitrogen functional groups attached to an aromatic ring is 1. The van der Waals surface area contributed by atoms with Gasteiger partial charge in [0.2, 0.25) is 0 Å². The molecule has 7 nitrogen and oxygen atoms in total. The molecule has 0 fully saturated rings. The lowest BCUT2D eigenvalue weighted by atomic mass is 10.5. The minimum absolute atomic E-state index is 0.386. The Morgan fingerprint density at radius 1 is 1.50 bits per heavy atom. The Labute approximate surface area is 109 Å². The smallest absolute Gasteiger partial charge is 0.197 e. The van der Waals surface area contributed by atoms with E-state index in [-0.39, 0.29) is 0 Å². The van der Waals surface area contributed by atoms with Gasteiger partial charge in [0.05, 0.1) is 32.1 Å².